The minimum absolute atomic E-state index is 0.272. The quantitative estimate of drug-likeness (QED) is 0.813. The molecule has 82 valence electrons. The number of nitrogens with zero attached hydrogens (tertiary/aromatic N) is 1. The number of aliphatic hydroxyl groups excluding tert-OH is 1. The van der Waals surface area contributed by atoms with Gasteiger partial charge in [0.1, 0.15) is 5.82 Å². The summed E-state index contributed by atoms with van der Waals surface area (Å²) in [7, 11) is 0. The van der Waals surface area contributed by atoms with Crippen LogP contribution in [0.4, 0.5) is 5.82 Å². The molecule has 2 unspecified atom stereocenters. The van der Waals surface area contributed by atoms with Gasteiger partial charge < -0.3 is 10.8 Å². The first-order valence-electron chi connectivity index (χ1n) is 5.22. The van der Waals surface area contributed by atoms with Gasteiger partial charge in [-0.1, -0.05) is 6.07 Å². The van der Waals surface area contributed by atoms with E-state index in [0.717, 1.165) is 17.7 Å². The van der Waals surface area contributed by atoms with Gasteiger partial charge in [-0.05, 0) is 35.5 Å². The molecule has 15 heavy (non-hydrogen) atoms. The highest BCUT2D eigenvalue weighted by Gasteiger charge is 2.24. The van der Waals surface area contributed by atoms with Gasteiger partial charge in [-0.15, -0.1) is 0 Å². The Balaban J connectivity index is 1.99. The van der Waals surface area contributed by atoms with Crippen molar-refractivity contribution in [3.05, 3.63) is 23.9 Å². The lowest BCUT2D eigenvalue weighted by Gasteiger charge is -2.17. The van der Waals surface area contributed by atoms with Crippen molar-refractivity contribution in [2.75, 3.05) is 17.2 Å². The van der Waals surface area contributed by atoms with Crippen LogP contribution in [0.1, 0.15) is 12.0 Å². The zero-order valence-corrected chi connectivity index (χ0v) is 9.41. The number of thioether (sulfide) groups is 1. The lowest BCUT2D eigenvalue weighted by molar-refractivity contribution is 0.120. The van der Waals surface area contributed by atoms with Crippen molar-refractivity contribution in [2.24, 2.45) is 5.92 Å². The minimum Gasteiger partial charge on any atom is -0.392 e. The second kappa shape index (κ2) is 4.86. The van der Waals surface area contributed by atoms with Gasteiger partial charge in [-0.3, -0.25) is 0 Å². The van der Waals surface area contributed by atoms with Gasteiger partial charge in [0.2, 0.25) is 0 Å². The summed E-state index contributed by atoms with van der Waals surface area (Å²) in [6, 6.07) is 3.80. The van der Waals surface area contributed by atoms with Crippen LogP contribution in [-0.4, -0.2) is 27.7 Å². The van der Waals surface area contributed by atoms with E-state index in [0.29, 0.717) is 18.2 Å². The highest BCUT2D eigenvalue weighted by Crippen LogP contribution is 2.28. The molecule has 1 aliphatic rings. The summed E-state index contributed by atoms with van der Waals surface area (Å²) in [5.74, 6) is 3.21. The number of hydrogen-bond acceptors (Lipinski definition) is 4. The zero-order chi connectivity index (χ0) is 10.7. The molecule has 0 radical (unpaired) electrons. The van der Waals surface area contributed by atoms with E-state index in [1.165, 1.54) is 5.75 Å². The van der Waals surface area contributed by atoms with Crippen molar-refractivity contribution in [3.8, 4) is 0 Å². The monoisotopic (exact) mass is 224 g/mol. The van der Waals surface area contributed by atoms with Crippen LogP contribution < -0.4 is 5.73 Å². The Morgan fingerprint density at radius 3 is 3.20 bits per heavy atom. The maximum absolute atomic E-state index is 10.0. The summed E-state index contributed by atoms with van der Waals surface area (Å²) < 4.78 is 0. The standard InChI is InChI=1S/C11H16N2OS/c12-11-8(2-1-4-13-11)6-10(14)9-3-5-15-7-9/h1-2,4,9-10,14H,3,5-7H2,(H2,12,13). The van der Waals surface area contributed by atoms with Crippen LogP contribution >= 0.6 is 11.8 Å². The maximum Gasteiger partial charge on any atom is 0.126 e. The molecule has 0 aromatic carbocycles. The fourth-order valence-corrected chi connectivity index (χ4v) is 3.20. The van der Waals surface area contributed by atoms with Gasteiger partial charge in [0.25, 0.3) is 0 Å². The van der Waals surface area contributed by atoms with E-state index < -0.39 is 0 Å². The van der Waals surface area contributed by atoms with Crippen molar-refractivity contribution in [1.82, 2.24) is 4.98 Å². The Labute approximate surface area is 94.1 Å². The van der Waals surface area contributed by atoms with Gasteiger partial charge in [0.15, 0.2) is 0 Å². The Bertz CT molecular complexity index is 326. The summed E-state index contributed by atoms with van der Waals surface area (Å²) >= 11 is 1.92. The zero-order valence-electron chi connectivity index (χ0n) is 8.60. The summed E-state index contributed by atoms with van der Waals surface area (Å²) in [5.41, 5.74) is 6.70. The van der Waals surface area contributed by atoms with Crippen molar-refractivity contribution < 1.29 is 5.11 Å². The fraction of sp³-hybridized carbons (Fsp3) is 0.545. The van der Waals surface area contributed by atoms with E-state index in [9.17, 15) is 5.11 Å². The molecule has 1 fully saturated rings. The molecule has 0 amide bonds. The van der Waals surface area contributed by atoms with Crippen molar-refractivity contribution in [3.63, 3.8) is 0 Å². The molecule has 4 heteroatoms. The van der Waals surface area contributed by atoms with Crippen molar-refractivity contribution in [2.45, 2.75) is 18.9 Å². The Morgan fingerprint density at radius 2 is 2.53 bits per heavy atom. The molecule has 0 aliphatic carbocycles. The van der Waals surface area contributed by atoms with Crippen LogP contribution in [0.15, 0.2) is 18.3 Å². The SMILES string of the molecule is Nc1ncccc1CC(O)C1CCSC1. The Kier molecular flexibility index (Phi) is 3.49. The van der Waals surface area contributed by atoms with Crippen LogP contribution in [0.3, 0.4) is 0 Å². The van der Waals surface area contributed by atoms with Crippen LogP contribution in [0.2, 0.25) is 0 Å². The van der Waals surface area contributed by atoms with Gasteiger partial charge in [0, 0.05) is 12.6 Å². The van der Waals surface area contributed by atoms with E-state index in [1.807, 2.05) is 23.9 Å². The number of rotatable bonds is 3. The minimum atomic E-state index is -0.272. The molecule has 0 bridgehead atoms. The summed E-state index contributed by atoms with van der Waals surface area (Å²) in [4.78, 5) is 4.02. The first kappa shape index (κ1) is 10.8. The predicted octanol–water partition coefficient (Wildman–Crippen LogP) is 1.32. The molecule has 3 nitrogen and oxygen atoms in total. The normalized spacial score (nSPS) is 22.9. The molecule has 2 heterocycles. The van der Waals surface area contributed by atoms with Gasteiger partial charge in [0.05, 0.1) is 6.10 Å². The number of hydrogen-bond donors (Lipinski definition) is 2. The highest BCUT2D eigenvalue weighted by molar-refractivity contribution is 7.99. The van der Waals surface area contributed by atoms with Crippen LogP contribution in [0.5, 0.6) is 0 Å². The molecule has 1 saturated heterocycles. The average molecular weight is 224 g/mol. The van der Waals surface area contributed by atoms with E-state index in [-0.39, 0.29) is 6.10 Å². The van der Waals surface area contributed by atoms with Crippen molar-refractivity contribution in [1.29, 1.82) is 0 Å². The summed E-state index contributed by atoms with van der Waals surface area (Å²) in [6.45, 7) is 0. The topological polar surface area (TPSA) is 59.1 Å². The van der Waals surface area contributed by atoms with E-state index in [4.69, 9.17) is 5.73 Å². The molecular weight excluding hydrogens is 208 g/mol. The fourth-order valence-electron chi connectivity index (χ4n) is 1.87. The molecule has 1 aromatic heterocycles. The third-order valence-electron chi connectivity index (χ3n) is 2.86. The number of nitrogens with two attached hydrogens (primary N) is 1. The molecule has 2 atom stereocenters. The first-order chi connectivity index (χ1) is 7.27. The third kappa shape index (κ3) is 2.63. The second-order valence-electron chi connectivity index (χ2n) is 3.94. The Hall–Kier alpha value is -0.740. The highest BCUT2D eigenvalue weighted by atomic mass is 32.2. The van der Waals surface area contributed by atoms with Crippen LogP contribution in [0.25, 0.3) is 0 Å². The molecule has 2 rings (SSSR count). The van der Waals surface area contributed by atoms with E-state index in [1.54, 1.807) is 6.20 Å². The van der Waals surface area contributed by atoms with Crippen LogP contribution in [-0.2, 0) is 6.42 Å². The molecule has 0 spiro atoms. The third-order valence-corrected chi connectivity index (χ3v) is 4.05. The maximum atomic E-state index is 10.0. The van der Waals surface area contributed by atoms with Gasteiger partial charge >= 0.3 is 0 Å². The largest absolute Gasteiger partial charge is 0.392 e. The van der Waals surface area contributed by atoms with E-state index >= 15 is 0 Å². The second-order valence-corrected chi connectivity index (χ2v) is 5.09. The van der Waals surface area contributed by atoms with Gasteiger partial charge in [-0.25, -0.2) is 4.98 Å². The van der Waals surface area contributed by atoms with Crippen molar-refractivity contribution >= 4 is 17.6 Å². The van der Waals surface area contributed by atoms with Crippen LogP contribution in [0, 0.1) is 5.92 Å². The first-order valence-corrected chi connectivity index (χ1v) is 6.38. The Morgan fingerprint density at radius 1 is 1.67 bits per heavy atom. The number of aromatic nitrogens is 1. The van der Waals surface area contributed by atoms with Gasteiger partial charge in [-0.2, -0.15) is 11.8 Å². The number of anilines is 1. The number of nitrogen functional groups attached to an aromatic ring is 1. The summed E-state index contributed by atoms with van der Waals surface area (Å²) in [5, 5.41) is 10.0. The number of pyridine rings is 1. The summed E-state index contributed by atoms with van der Waals surface area (Å²) in [6.07, 6.45) is 3.15. The molecular formula is C11H16N2OS. The smallest absolute Gasteiger partial charge is 0.126 e. The molecule has 0 saturated carbocycles. The molecule has 3 N–H and O–H groups in total. The number of aliphatic hydroxyl groups is 1. The lowest BCUT2D eigenvalue weighted by atomic mass is 9.96. The van der Waals surface area contributed by atoms with E-state index in [2.05, 4.69) is 4.98 Å². The lowest BCUT2D eigenvalue weighted by Crippen LogP contribution is -2.23. The predicted molar refractivity (Wildman–Crippen MR) is 63.8 cm³/mol. The molecule has 1 aliphatic heterocycles. The molecule has 1 aromatic rings. The average Bonchev–Trinajstić information content (AvgIpc) is 2.74.